The molecule has 22 heavy (non-hydrogen) atoms. The molecule has 0 radical (unpaired) electrons. The van der Waals surface area contributed by atoms with E-state index in [0.717, 1.165) is 54.8 Å². The van der Waals surface area contributed by atoms with E-state index in [1.165, 1.54) is 0 Å². The van der Waals surface area contributed by atoms with E-state index in [1.54, 1.807) is 0 Å². The number of para-hydroxylation sites is 1. The average molecular weight is 293 g/mol. The van der Waals surface area contributed by atoms with Crippen LogP contribution in [0.2, 0.25) is 0 Å². The normalized spacial score (nSPS) is 14.8. The van der Waals surface area contributed by atoms with Crippen molar-refractivity contribution in [3.05, 3.63) is 47.3 Å². The van der Waals surface area contributed by atoms with Crippen molar-refractivity contribution in [2.75, 3.05) is 36.0 Å². The maximum atomic E-state index is 9.23. The predicted molar refractivity (Wildman–Crippen MR) is 87.1 cm³/mol. The number of aromatic nitrogens is 2. The summed E-state index contributed by atoms with van der Waals surface area (Å²) in [6.07, 6.45) is 0. The highest BCUT2D eigenvalue weighted by molar-refractivity contribution is 5.60. The van der Waals surface area contributed by atoms with Gasteiger partial charge in [0, 0.05) is 37.6 Å². The second-order valence-electron chi connectivity index (χ2n) is 5.55. The van der Waals surface area contributed by atoms with E-state index in [9.17, 15) is 5.26 Å². The summed E-state index contributed by atoms with van der Waals surface area (Å²) < 4.78 is 0. The fourth-order valence-corrected chi connectivity index (χ4v) is 2.84. The molecule has 0 saturated carbocycles. The van der Waals surface area contributed by atoms with E-state index in [4.69, 9.17) is 0 Å². The number of hydrogen-bond acceptors (Lipinski definition) is 5. The Balaban J connectivity index is 1.74. The molecule has 0 bridgehead atoms. The molecule has 1 aromatic carbocycles. The lowest BCUT2D eigenvalue weighted by Crippen LogP contribution is -2.47. The van der Waals surface area contributed by atoms with Crippen molar-refractivity contribution in [2.45, 2.75) is 13.8 Å². The maximum absolute atomic E-state index is 9.23. The van der Waals surface area contributed by atoms with Crippen LogP contribution in [0.5, 0.6) is 0 Å². The van der Waals surface area contributed by atoms with Crippen LogP contribution in [0, 0.1) is 25.2 Å². The van der Waals surface area contributed by atoms with Gasteiger partial charge < -0.3 is 9.80 Å². The first-order valence-corrected chi connectivity index (χ1v) is 7.48. The van der Waals surface area contributed by atoms with Gasteiger partial charge in [0.15, 0.2) is 0 Å². The molecule has 2 aromatic rings. The molecule has 5 heteroatoms. The Hall–Kier alpha value is -2.61. The van der Waals surface area contributed by atoms with Gasteiger partial charge in [0.1, 0.15) is 6.07 Å². The van der Waals surface area contributed by atoms with Gasteiger partial charge in [-0.3, -0.25) is 0 Å². The molecule has 112 valence electrons. The molecule has 3 rings (SSSR count). The summed E-state index contributed by atoms with van der Waals surface area (Å²) in [4.78, 5) is 13.5. The second kappa shape index (κ2) is 6.02. The van der Waals surface area contributed by atoms with Crippen molar-refractivity contribution < 1.29 is 0 Å². The van der Waals surface area contributed by atoms with Crippen molar-refractivity contribution >= 4 is 11.6 Å². The Labute approximate surface area is 130 Å². The smallest absolute Gasteiger partial charge is 0.225 e. The Bertz CT molecular complexity index is 691. The minimum absolute atomic E-state index is 0.735. The molecule has 1 aliphatic heterocycles. The van der Waals surface area contributed by atoms with E-state index in [0.29, 0.717) is 0 Å². The summed E-state index contributed by atoms with van der Waals surface area (Å²) in [7, 11) is 0. The van der Waals surface area contributed by atoms with Crippen molar-refractivity contribution in [3.8, 4) is 6.07 Å². The largest absolute Gasteiger partial charge is 0.367 e. The van der Waals surface area contributed by atoms with Gasteiger partial charge in [-0.1, -0.05) is 12.1 Å². The molecule has 1 aromatic heterocycles. The maximum Gasteiger partial charge on any atom is 0.225 e. The Morgan fingerprint density at radius 2 is 1.55 bits per heavy atom. The monoisotopic (exact) mass is 293 g/mol. The minimum atomic E-state index is 0.735. The molecular formula is C17H19N5. The molecular weight excluding hydrogens is 274 g/mol. The lowest BCUT2D eigenvalue weighted by molar-refractivity contribution is 0.638. The van der Waals surface area contributed by atoms with Gasteiger partial charge in [0.05, 0.1) is 11.3 Å². The van der Waals surface area contributed by atoms with Gasteiger partial charge in [0.25, 0.3) is 0 Å². The molecule has 0 amide bonds. The highest BCUT2D eigenvalue weighted by Crippen LogP contribution is 2.22. The number of piperazine rings is 1. The first kappa shape index (κ1) is 14.3. The van der Waals surface area contributed by atoms with Crippen molar-refractivity contribution in [3.63, 3.8) is 0 Å². The summed E-state index contributed by atoms with van der Waals surface area (Å²) in [5.41, 5.74) is 3.75. The number of hydrogen-bond donors (Lipinski definition) is 0. The van der Waals surface area contributed by atoms with Gasteiger partial charge in [-0.05, 0) is 32.0 Å². The van der Waals surface area contributed by atoms with Crippen molar-refractivity contribution in [2.24, 2.45) is 0 Å². The van der Waals surface area contributed by atoms with Crippen molar-refractivity contribution in [1.29, 1.82) is 5.26 Å². The fourth-order valence-electron chi connectivity index (χ4n) is 2.84. The highest BCUT2D eigenvalue weighted by atomic mass is 15.3. The lowest BCUT2D eigenvalue weighted by Gasteiger charge is -2.36. The zero-order valence-electron chi connectivity index (χ0n) is 13.0. The summed E-state index contributed by atoms with van der Waals surface area (Å²) in [5.74, 6) is 0.811. The van der Waals surface area contributed by atoms with Crippen molar-refractivity contribution in [1.82, 2.24) is 9.97 Å². The number of benzene rings is 1. The van der Waals surface area contributed by atoms with Gasteiger partial charge in [0.2, 0.25) is 5.95 Å². The average Bonchev–Trinajstić information content (AvgIpc) is 2.54. The summed E-state index contributed by atoms with van der Waals surface area (Å²) >= 11 is 0. The van der Waals surface area contributed by atoms with Gasteiger partial charge in [-0.2, -0.15) is 5.26 Å². The van der Waals surface area contributed by atoms with Gasteiger partial charge in [-0.15, -0.1) is 0 Å². The first-order valence-electron chi connectivity index (χ1n) is 7.48. The first-order chi connectivity index (χ1) is 10.7. The van der Waals surface area contributed by atoms with E-state index < -0.39 is 0 Å². The molecule has 1 fully saturated rings. The van der Waals surface area contributed by atoms with Crippen LogP contribution in [0.1, 0.15) is 17.0 Å². The van der Waals surface area contributed by atoms with Crippen LogP contribution in [0.25, 0.3) is 0 Å². The Morgan fingerprint density at radius 3 is 2.18 bits per heavy atom. The van der Waals surface area contributed by atoms with Crippen LogP contribution >= 0.6 is 0 Å². The number of aryl methyl sites for hydroxylation is 2. The fraction of sp³-hybridized carbons (Fsp3) is 0.353. The van der Waals surface area contributed by atoms with Crippen LogP contribution in [-0.2, 0) is 0 Å². The Morgan fingerprint density at radius 1 is 0.955 bits per heavy atom. The second-order valence-corrected chi connectivity index (χ2v) is 5.55. The van der Waals surface area contributed by atoms with E-state index in [2.05, 4.69) is 25.8 Å². The van der Waals surface area contributed by atoms with Crippen LogP contribution in [0.3, 0.4) is 0 Å². The van der Waals surface area contributed by atoms with Crippen LogP contribution in [0.4, 0.5) is 11.6 Å². The third-order valence-corrected chi connectivity index (χ3v) is 3.90. The minimum Gasteiger partial charge on any atom is -0.367 e. The van der Waals surface area contributed by atoms with Gasteiger partial charge in [-0.25, -0.2) is 9.97 Å². The summed E-state index contributed by atoms with van der Waals surface area (Å²) in [6.45, 7) is 7.46. The SMILES string of the molecule is Cc1cc(C)nc(N2CCN(c3ccccc3C#N)CC2)n1. The van der Waals surface area contributed by atoms with Crippen LogP contribution in [0.15, 0.2) is 30.3 Å². The zero-order valence-corrected chi connectivity index (χ0v) is 13.0. The number of anilines is 2. The topological polar surface area (TPSA) is 56.1 Å². The predicted octanol–water partition coefficient (Wildman–Crippen LogP) is 2.29. The standard InChI is InChI=1S/C17H19N5/c1-13-11-14(2)20-17(19-13)22-9-7-21(8-10-22)16-6-4-3-5-15(16)12-18/h3-6,11H,7-10H2,1-2H3. The molecule has 0 N–H and O–H groups in total. The molecule has 1 saturated heterocycles. The molecule has 0 unspecified atom stereocenters. The highest BCUT2D eigenvalue weighted by Gasteiger charge is 2.21. The quantitative estimate of drug-likeness (QED) is 0.850. The Kier molecular flexibility index (Phi) is 3.92. The third-order valence-electron chi connectivity index (χ3n) is 3.90. The summed E-state index contributed by atoms with van der Waals surface area (Å²) in [5, 5.41) is 9.23. The molecule has 0 aliphatic carbocycles. The lowest BCUT2D eigenvalue weighted by atomic mass is 10.1. The zero-order chi connectivity index (χ0) is 15.5. The van der Waals surface area contributed by atoms with Gasteiger partial charge >= 0.3 is 0 Å². The van der Waals surface area contributed by atoms with Crippen LogP contribution in [-0.4, -0.2) is 36.1 Å². The molecule has 1 aliphatic rings. The molecule has 2 heterocycles. The summed E-state index contributed by atoms with van der Waals surface area (Å²) in [6, 6.07) is 12.0. The third kappa shape index (κ3) is 2.86. The van der Waals surface area contributed by atoms with Crippen LogP contribution < -0.4 is 9.80 Å². The van der Waals surface area contributed by atoms with E-state index >= 15 is 0 Å². The number of rotatable bonds is 2. The molecule has 0 atom stereocenters. The number of nitrogens with zero attached hydrogens (tertiary/aromatic N) is 5. The molecule has 0 spiro atoms. The molecule has 5 nitrogen and oxygen atoms in total. The number of nitriles is 1. The van der Waals surface area contributed by atoms with E-state index in [1.807, 2.05) is 44.2 Å². The van der Waals surface area contributed by atoms with E-state index in [-0.39, 0.29) is 0 Å².